The molecule has 0 heterocycles. The van der Waals surface area contributed by atoms with Gasteiger partial charge in [0, 0.05) is 5.92 Å². The summed E-state index contributed by atoms with van der Waals surface area (Å²) in [5.41, 5.74) is -0.0831. The molecule has 0 radical (unpaired) electrons. The van der Waals surface area contributed by atoms with Crippen molar-refractivity contribution in [3.05, 3.63) is 11.6 Å². The predicted octanol–water partition coefficient (Wildman–Crippen LogP) is 1.72. The van der Waals surface area contributed by atoms with E-state index in [1.807, 2.05) is 26.8 Å². The maximum Gasteiger partial charge on any atom is 0.119 e. The first-order valence-electron chi connectivity index (χ1n) is 4.84. The van der Waals surface area contributed by atoms with Crippen molar-refractivity contribution >= 4 is 0 Å². The molecule has 0 saturated carbocycles. The fourth-order valence-corrected chi connectivity index (χ4v) is 0.934. The summed E-state index contributed by atoms with van der Waals surface area (Å²) in [6, 6.07) is 0. The molecule has 80 valence electrons. The van der Waals surface area contributed by atoms with Crippen molar-refractivity contribution in [1.29, 1.82) is 0 Å². The molecule has 2 nitrogen and oxygen atoms in total. The van der Waals surface area contributed by atoms with Crippen molar-refractivity contribution in [2.45, 2.75) is 46.3 Å². The van der Waals surface area contributed by atoms with E-state index in [1.54, 1.807) is 13.8 Å². The Morgan fingerprint density at radius 3 is 2.29 bits per heavy atom. The van der Waals surface area contributed by atoms with Gasteiger partial charge in [-0.1, -0.05) is 17.9 Å². The van der Waals surface area contributed by atoms with E-state index in [4.69, 9.17) is 0 Å². The summed E-state index contributed by atoms with van der Waals surface area (Å²) in [5, 5.41) is 19.1. The quantitative estimate of drug-likeness (QED) is 0.521. The largest absolute Gasteiger partial charge is 0.387 e. The third kappa shape index (κ3) is 5.06. The second kappa shape index (κ2) is 5.19. The highest BCUT2D eigenvalue weighted by molar-refractivity contribution is 5.17. The third-order valence-electron chi connectivity index (χ3n) is 2.00. The van der Waals surface area contributed by atoms with Gasteiger partial charge in [0.25, 0.3) is 0 Å². The molecule has 0 aromatic heterocycles. The predicted molar refractivity (Wildman–Crippen MR) is 58.7 cm³/mol. The van der Waals surface area contributed by atoms with Crippen LogP contribution < -0.4 is 0 Å². The zero-order valence-corrected chi connectivity index (χ0v) is 9.63. The van der Waals surface area contributed by atoms with Crippen LogP contribution in [0.15, 0.2) is 11.6 Å². The minimum absolute atomic E-state index is 0.155. The molecule has 0 aromatic rings. The Balaban J connectivity index is 4.48. The van der Waals surface area contributed by atoms with E-state index >= 15 is 0 Å². The summed E-state index contributed by atoms with van der Waals surface area (Å²) >= 11 is 0. The van der Waals surface area contributed by atoms with Gasteiger partial charge in [-0.05, 0) is 40.2 Å². The van der Waals surface area contributed by atoms with E-state index in [2.05, 4.69) is 11.8 Å². The average molecular weight is 196 g/mol. The molecule has 0 spiro atoms. The standard InChI is InChI=1S/C12H20O2/c1-6-9(2)11(13)10(3)7-8-12(4,5)14/h6,10-11,13-14H,1-5H3/b9-6-/t10-,11+/m0/s1. The van der Waals surface area contributed by atoms with Crippen LogP contribution in [0.2, 0.25) is 0 Å². The molecule has 14 heavy (non-hydrogen) atoms. The van der Waals surface area contributed by atoms with Crippen LogP contribution in [0.1, 0.15) is 34.6 Å². The fourth-order valence-electron chi connectivity index (χ4n) is 0.934. The highest BCUT2D eigenvalue weighted by Crippen LogP contribution is 2.11. The van der Waals surface area contributed by atoms with Gasteiger partial charge in [0.15, 0.2) is 0 Å². The van der Waals surface area contributed by atoms with Crippen LogP contribution in [0.4, 0.5) is 0 Å². The van der Waals surface area contributed by atoms with E-state index in [0.29, 0.717) is 0 Å². The van der Waals surface area contributed by atoms with Crippen molar-refractivity contribution in [3.8, 4) is 11.8 Å². The molecule has 2 atom stereocenters. The molecule has 0 saturated heterocycles. The average Bonchev–Trinajstić information content (AvgIpc) is 2.10. The molecule has 0 aliphatic heterocycles. The number of rotatable bonds is 2. The number of aliphatic hydroxyl groups excluding tert-OH is 1. The number of hydrogen-bond donors (Lipinski definition) is 2. The van der Waals surface area contributed by atoms with Crippen molar-refractivity contribution in [2.75, 3.05) is 0 Å². The lowest BCUT2D eigenvalue weighted by Gasteiger charge is -2.15. The van der Waals surface area contributed by atoms with E-state index in [1.165, 1.54) is 0 Å². The molecule has 0 amide bonds. The van der Waals surface area contributed by atoms with Crippen LogP contribution in [0.5, 0.6) is 0 Å². The molecule has 0 bridgehead atoms. The normalized spacial score (nSPS) is 16.9. The number of hydrogen-bond acceptors (Lipinski definition) is 2. The fraction of sp³-hybridized carbons (Fsp3) is 0.667. The van der Waals surface area contributed by atoms with Gasteiger partial charge in [0.05, 0.1) is 6.10 Å². The Morgan fingerprint density at radius 2 is 1.93 bits per heavy atom. The Labute approximate surface area is 86.7 Å². The molecule has 2 heteroatoms. The monoisotopic (exact) mass is 196 g/mol. The van der Waals surface area contributed by atoms with Gasteiger partial charge in [0.2, 0.25) is 0 Å². The van der Waals surface area contributed by atoms with Crippen molar-refractivity contribution in [3.63, 3.8) is 0 Å². The molecule has 0 rings (SSSR count). The first-order chi connectivity index (χ1) is 6.28. The lowest BCUT2D eigenvalue weighted by atomic mass is 9.97. The van der Waals surface area contributed by atoms with Crippen LogP contribution in [-0.4, -0.2) is 21.9 Å². The maximum absolute atomic E-state index is 9.73. The van der Waals surface area contributed by atoms with E-state index in [0.717, 1.165) is 5.57 Å². The Kier molecular flexibility index (Phi) is 4.90. The summed E-state index contributed by atoms with van der Waals surface area (Å²) in [5.74, 6) is 5.39. The minimum atomic E-state index is -0.988. The summed E-state index contributed by atoms with van der Waals surface area (Å²) in [4.78, 5) is 0. The molecule has 0 aliphatic rings. The van der Waals surface area contributed by atoms with Gasteiger partial charge in [-0.2, -0.15) is 0 Å². The zero-order valence-electron chi connectivity index (χ0n) is 9.63. The summed E-state index contributed by atoms with van der Waals surface area (Å²) < 4.78 is 0. The van der Waals surface area contributed by atoms with Gasteiger partial charge < -0.3 is 10.2 Å². The maximum atomic E-state index is 9.73. The SMILES string of the molecule is C/C=C(/C)[C@@H](O)[C@@H](C)C#CC(C)(C)O. The number of allylic oxidation sites excluding steroid dienone is 1. The molecule has 0 fully saturated rings. The van der Waals surface area contributed by atoms with Crippen molar-refractivity contribution in [1.82, 2.24) is 0 Å². The Hall–Kier alpha value is -0.780. The summed E-state index contributed by atoms with van der Waals surface area (Å²) in [7, 11) is 0. The summed E-state index contributed by atoms with van der Waals surface area (Å²) in [6.07, 6.45) is 1.32. The van der Waals surface area contributed by atoms with Gasteiger partial charge >= 0.3 is 0 Å². The molecular formula is C12H20O2. The van der Waals surface area contributed by atoms with Gasteiger partial charge in [-0.15, -0.1) is 0 Å². The van der Waals surface area contributed by atoms with Crippen LogP contribution in [-0.2, 0) is 0 Å². The van der Waals surface area contributed by atoms with E-state index in [-0.39, 0.29) is 5.92 Å². The van der Waals surface area contributed by atoms with E-state index in [9.17, 15) is 10.2 Å². The highest BCUT2D eigenvalue weighted by Gasteiger charge is 2.14. The molecule has 0 unspecified atom stereocenters. The Bertz CT molecular complexity index is 260. The number of aliphatic hydroxyl groups is 2. The van der Waals surface area contributed by atoms with Crippen molar-refractivity contribution in [2.24, 2.45) is 5.92 Å². The zero-order chi connectivity index (χ0) is 11.4. The molecule has 0 aliphatic carbocycles. The highest BCUT2D eigenvalue weighted by atomic mass is 16.3. The lowest BCUT2D eigenvalue weighted by molar-refractivity contribution is 0.142. The lowest BCUT2D eigenvalue weighted by Crippen LogP contribution is -2.20. The first kappa shape index (κ1) is 13.2. The van der Waals surface area contributed by atoms with Crippen LogP contribution in [0.25, 0.3) is 0 Å². The third-order valence-corrected chi connectivity index (χ3v) is 2.00. The van der Waals surface area contributed by atoms with Crippen LogP contribution in [0, 0.1) is 17.8 Å². The second-order valence-corrected chi connectivity index (χ2v) is 4.09. The van der Waals surface area contributed by atoms with Gasteiger partial charge in [0.1, 0.15) is 5.60 Å². The minimum Gasteiger partial charge on any atom is -0.387 e. The summed E-state index contributed by atoms with van der Waals surface area (Å²) in [6.45, 7) is 8.85. The van der Waals surface area contributed by atoms with Gasteiger partial charge in [-0.3, -0.25) is 0 Å². The molecule has 0 aromatic carbocycles. The van der Waals surface area contributed by atoms with Gasteiger partial charge in [-0.25, -0.2) is 0 Å². The van der Waals surface area contributed by atoms with E-state index < -0.39 is 11.7 Å². The molecule has 2 N–H and O–H groups in total. The molecular weight excluding hydrogens is 176 g/mol. The van der Waals surface area contributed by atoms with Crippen LogP contribution >= 0.6 is 0 Å². The smallest absolute Gasteiger partial charge is 0.119 e. The second-order valence-electron chi connectivity index (χ2n) is 4.09. The topological polar surface area (TPSA) is 40.5 Å². The Morgan fingerprint density at radius 1 is 1.43 bits per heavy atom. The van der Waals surface area contributed by atoms with Crippen molar-refractivity contribution < 1.29 is 10.2 Å². The first-order valence-corrected chi connectivity index (χ1v) is 4.84. The van der Waals surface area contributed by atoms with Crippen LogP contribution in [0.3, 0.4) is 0 Å².